The highest BCUT2D eigenvalue weighted by molar-refractivity contribution is 7.15. The number of alkyl halides is 3. The molecule has 0 aliphatic carbocycles. The Morgan fingerprint density at radius 3 is 2.68 bits per heavy atom. The van der Waals surface area contributed by atoms with Crippen molar-refractivity contribution in [3.8, 4) is 0 Å². The summed E-state index contributed by atoms with van der Waals surface area (Å²) in [4.78, 5) is 20.4. The van der Waals surface area contributed by atoms with Gasteiger partial charge in [0.15, 0.2) is 10.8 Å². The summed E-state index contributed by atoms with van der Waals surface area (Å²) >= 11 is 1.31. The molecule has 31 heavy (non-hydrogen) atoms. The van der Waals surface area contributed by atoms with Gasteiger partial charge in [-0.2, -0.15) is 18.3 Å². The van der Waals surface area contributed by atoms with E-state index in [-0.39, 0.29) is 0 Å². The molecule has 1 N–H and O–H groups in total. The lowest BCUT2D eigenvalue weighted by atomic mass is 10.1. The fourth-order valence-electron chi connectivity index (χ4n) is 3.65. The van der Waals surface area contributed by atoms with Crippen molar-refractivity contribution in [1.29, 1.82) is 0 Å². The molecule has 0 atom stereocenters. The quantitative estimate of drug-likeness (QED) is 0.611. The van der Waals surface area contributed by atoms with E-state index in [1.54, 1.807) is 13.8 Å². The molecule has 1 aromatic carbocycles. The topological polar surface area (TPSA) is 63.1 Å². The minimum atomic E-state index is -4.69. The molecule has 4 rings (SSSR count). The molecule has 0 fully saturated rings. The van der Waals surface area contributed by atoms with E-state index in [1.807, 2.05) is 18.2 Å². The second kappa shape index (κ2) is 8.43. The number of aromatic nitrogens is 3. The zero-order valence-electron chi connectivity index (χ0n) is 17.1. The zero-order chi connectivity index (χ0) is 22.2. The van der Waals surface area contributed by atoms with E-state index in [1.165, 1.54) is 16.9 Å². The van der Waals surface area contributed by atoms with Crippen LogP contribution in [0.25, 0.3) is 0 Å². The van der Waals surface area contributed by atoms with Gasteiger partial charge in [0.2, 0.25) is 0 Å². The van der Waals surface area contributed by atoms with Gasteiger partial charge in [-0.3, -0.25) is 19.7 Å². The van der Waals surface area contributed by atoms with Crippen LogP contribution >= 0.6 is 11.3 Å². The second-order valence-electron chi connectivity index (χ2n) is 7.73. The number of benzene rings is 1. The highest BCUT2D eigenvalue weighted by atomic mass is 32.1. The molecule has 3 heterocycles. The highest BCUT2D eigenvalue weighted by Gasteiger charge is 2.40. The van der Waals surface area contributed by atoms with E-state index in [2.05, 4.69) is 32.4 Å². The predicted molar refractivity (Wildman–Crippen MR) is 112 cm³/mol. The first-order valence-corrected chi connectivity index (χ1v) is 10.7. The number of nitrogens with zero attached hydrogens (tertiary/aromatic N) is 4. The molecule has 0 spiro atoms. The number of amides is 1. The molecular weight excluding hydrogens is 427 g/mol. The molecule has 0 unspecified atom stereocenters. The average Bonchev–Trinajstić information content (AvgIpc) is 3.32. The molecule has 0 saturated carbocycles. The van der Waals surface area contributed by atoms with Crippen molar-refractivity contribution in [1.82, 2.24) is 19.7 Å². The molecule has 0 bridgehead atoms. The smallest absolute Gasteiger partial charge is 0.298 e. The molecule has 10 heteroatoms. The predicted octanol–water partition coefficient (Wildman–Crippen LogP) is 4.75. The van der Waals surface area contributed by atoms with Crippen molar-refractivity contribution >= 4 is 22.4 Å². The van der Waals surface area contributed by atoms with Crippen molar-refractivity contribution in [2.45, 2.75) is 45.6 Å². The Hall–Kier alpha value is -2.72. The summed E-state index contributed by atoms with van der Waals surface area (Å²) in [6.07, 6.45) is -2.99. The van der Waals surface area contributed by atoms with E-state index in [9.17, 15) is 18.0 Å². The maximum absolute atomic E-state index is 13.5. The molecule has 6 nitrogen and oxygen atoms in total. The van der Waals surface area contributed by atoms with Crippen LogP contribution in [-0.2, 0) is 25.7 Å². The van der Waals surface area contributed by atoms with Crippen LogP contribution in [0.2, 0.25) is 0 Å². The van der Waals surface area contributed by atoms with Crippen LogP contribution in [0.3, 0.4) is 0 Å². The first-order valence-electron chi connectivity index (χ1n) is 9.93. The Bertz CT molecular complexity index is 1070. The monoisotopic (exact) mass is 449 g/mol. The molecule has 0 saturated heterocycles. The molecule has 1 aliphatic heterocycles. The minimum Gasteiger partial charge on any atom is -0.298 e. The lowest BCUT2D eigenvalue weighted by Crippen LogP contribution is -2.29. The number of hydrogen-bond acceptors (Lipinski definition) is 5. The normalized spacial score (nSPS) is 14.6. The minimum absolute atomic E-state index is 0.307. The lowest BCUT2D eigenvalue weighted by molar-refractivity contribution is -0.145. The van der Waals surface area contributed by atoms with E-state index < -0.39 is 29.4 Å². The van der Waals surface area contributed by atoms with Gasteiger partial charge in [-0.1, -0.05) is 30.3 Å². The lowest BCUT2D eigenvalue weighted by Gasteiger charge is -2.25. The third-order valence-electron chi connectivity index (χ3n) is 5.08. The second-order valence-corrected chi connectivity index (χ2v) is 8.82. The summed E-state index contributed by atoms with van der Waals surface area (Å²) < 4.78 is 41.5. The van der Waals surface area contributed by atoms with E-state index >= 15 is 0 Å². The average molecular weight is 450 g/mol. The van der Waals surface area contributed by atoms with Crippen molar-refractivity contribution in [3.63, 3.8) is 0 Å². The van der Waals surface area contributed by atoms with Crippen molar-refractivity contribution in [3.05, 3.63) is 63.9 Å². The van der Waals surface area contributed by atoms with Crippen LogP contribution in [0.4, 0.5) is 18.3 Å². The number of carbonyl (C=O) groups excluding carboxylic acids is 1. The Labute approximate surface area is 181 Å². The third kappa shape index (κ3) is 4.64. The van der Waals surface area contributed by atoms with Gasteiger partial charge in [0, 0.05) is 37.0 Å². The number of halogens is 3. The van der Waals surface area contributed by atoms with Crippen LogP contribution in [-0.4, -0.2) is 32.1 Å². The molecule has 3 aromatic rings. The molecule has 0 radical (unpaired) electrons. The summed E-state index contributed by atoms with van der Waals surface area (Å²) in [7, 11) is 0. The van der Waals surface area contributed by atoms with Gasteiger partial charge in [-0.05, 0) is 19.4 Å². The Morgan fingerprint density at radius 2 is 2.00 bits per heavy atom. The van der Waals surface area contributed by atoms with Crippen LogP contribution < -0.4 is 5.32 Å². The number of thiazole rings is 1. The van der Waals surface area contributed by atoms with Crippen molar-refractivity contribution < 1.29 is 18.0 Å². The van der Waals surface area contributed by atoms with Crippen molar-refractivity contribution in [2.24, 2.45) is 0 Å². The summed E-state index contributed by atoms with van der Waals surface area (Å²) in [6.45, 7) is 5.50. The fraction of sp³-hybridized carbons (Fsp3) is 0.381. The summed E-state index contributed by atoms with van der Waals surface area (Å²) in [5.41, 5.74) is 0.555. The Balaban J connectivity index is 1.49. The van der Waals surface area contributed by atoms with Gasteiger partial charge in [0.05, 0.1) is 17.5 Å². The Kier molecular flexibility index (Phi) is 5.85. The van der Waals surface area contributed by atoms with Gasteiger partial charge in [0.25, 0.3) is 5.91 Å². The fourth-order valence-corrected chi connectivity index (χ4v) is 4.69. The maximum Gasteiger partial charge on any atom is 0.433 e. The summed E-state index contributed by atoms with van der Waals surface area (Å²) in [6, 6.07) is 9.60. The van der Waals surface area contributed by atoms with Crippen LogP contribution in [0, 0.1) is 0 Å². The number of rotatable bonds is 5. The van der Waals surface area contributed by atoms with Gasteiger partial charge in [-0.15, -0.1) is 11.3 Å². The van der Waals surface area contributed by atoms with Gasteiger partial charge in [-0.25, -0.2) is 4.98 Å². The number of hydrogen-bond donors (Lipinski definition) is 1. The highest BCUT2D eigenvalue weighted by Crippen LogP contribution is 2.35. The molecular formula is C21H22F3N5OS. The number of fused-ring (bicyclic) bond motifs is 1. The summed E-state index contributed by atoms with van der Waals surface area (Å²) in [5.74, 6) is -0.855. The number of anilines is 1. The van der Waals surface area contributed by atoms with Crippen LogP contribution in [0.1, 0.15) is 52.1 Å². The number of carbonyl (C=O) groups is 1. The first kappa shape index (κ1) is 21.5. The standard InChI is InChI=1S/C21H22F3N5OS/c1-13(2)29-18(21(22,23)24)15(10-25-29)19(30)27-20-26-16-8-9-28(12-17(16)31-20)11-14-6-4-3-5-7-14/h3-7,10,13H,8-9,11-12H2,1-2H3,(H,26,27,30). The largest absolute Gasteiger partial charge is 0.433 e. The molecule has 164 valence electrons. The Morgan fingerprint density at radius 1 is 1.26 bits per heavy atom. The van der Waals surface area contributed by atoms with Gasteiger partial charge >= 0.3 is 6.18 Å². The SMILES string of the molecule is CC(C)n1ncc(C(=O)Nc2nc3c(s2)CN(Cc2ccccc2)CC3)c1C(F)(F)F. The van der Waals surface area contributed by atoms with Crippen molar-refractivity contribution in [2.75, 3.05) is 11.9 Å². The molecule has 2 aromatic heterocycles. The maximum atomic E-state index is 13.5. The zero-order valence-corrected chi connectivity index (χ0v) is 17.9. The van der Waals surface area contributed by atoms with E-state index in [4.69, 9.17) is 0 Å². The van der Waals surface area contributed by atoms with E-state index in [0.717, 1.165) is 41.0 Å². The van der Waals surface area contributed by atoms with Gasteiger partial charge < -0.3 is 0 Å². The third-order valence-corrected chi connectivity index (χ3v) is 6.08. The van der Waals surface area contributed by atoms with E-state index in [0.29, 0.717) is 11.7 Å². The van der Waals surface area contributed by atoms with Crippen LogP contribution in [0.5, 0.6) is 0 Å². The first-order chi connectivity index (χ1) is 14.7. The van der Waals surface area contributed by atoms with Crippen LogP contribution in [0.15, 0.2) is 36.5 Å². The van der Waals surface area contributed by atoms with Gasteiger partial charge in [0.1, 0.15) is 0 Å². The summed E-state index contributed by atoms with van der Waals surface area (Å²) in [5, 5.41) is 6.62. The molecule has 1 amide bonds. The molecule has 1 aliphatic rings. The number of nitrogens with one attached hydrogen (secondary N) is 1.